The first-order chi connectivity index (χ1) is 20.3. The standard InChI is InChI=1S/C31H26F2N4O3S2.H2O/c32-24-11-10-22(16-21(24)9-7-18-3-1-2-4-18)29-23(13-20-8-12-28(42(34)40)25(33)14-20)27(15-19-5-6-19)37(36-29)31-35-26(17-41-31)30(38)39;/h3,8,10-12,14,16-17,19H,1-2,4-6,13,15H2,(H2,34,40)(H,38,39);1H2. The molecule has 6 rings (SSSR count). The second kappa shape index (κ2) is 12.7. The summed E-state index contributed by atoms with van der Waals surface area (Å²) in [5.74, 6) is 4.27. The molecule has 8 nitrogen and oxygen atoms in total. The molecule has 222 valence electrons. The van der Waals surface area contributed by atoms with Gasteiger partial charge in [-0.3, -0.25) is 0 Å². The molecule has 0 radical (unpaired) electrons. The number of carboxylic acid groups (broad SMARTS) is 1. The summed E-state index contributed by atoms with van der Waals surface area (Å²) in [7, 11) is -2.33. The van der Waals surface area contributed by atoms with Crippen LogP contribution in [0.2, 0.25) is 0 Å². The number of carboxylic acids is 1. The molecule has 2 aliphatic carbocycles. The molecule has 0 aliphatic heterocycles. The van der Waals surface area contributed by atoms with Crippen LogP contribution in [0.3, 0.4) is 0 Å². The predicted octanol–water partition coefficient (Wildman–Crippen LogP) is 5.73. The average Bonchev–Trinajstić information content (AvgIpc) is 3.30. The second-order valence-corrected chi connectivity index (χ2v) is 12.5. The number of aromatic carboxylic acids is 1. The number of thiazole rings is 1. The zero-order chi connectivity index (χ0) is 29.4. The molecule has 0 amide bonds. The van der Waals surface area contributed by atoms with Crippen LogP contribution >= 0.6 is 11.3 Å². The molecular formula is C31H28F2N4O4S2. The van der Waals surface area contributed by atoms with Crippen LogP contribution in [-0.2, 0) is 28.0 Å². The van der Waals surface area contributed by atoms with Crippen LogP contribution in [-0.4, -0.2) is 31.3 Å². The fourth-order valence-corrected chi connectivity index (χ4v) is 6.34. The fourth-order valence-electron chi connectivity index (χ4n) is 5.07. The van der Waals surface area contributed by atoms with E-state index >= 15 is 0 Å². The Kier molecular flexibility index (Phi) is 8.98. The highest BCUT2D eigenvalue weighted by Gasteiger charge is 2.30. The van der Waals surface area contributed by atoms with E-state index in [-0.39, 0.29) is 28.0 Å². The molecule has 2 aromatic carbocycles. The van der Waals surface area contributed by atoms with Gasteiger partial charge in [0.1, 0.15) is 5.82 Å². The molecule has 43 heavy (non-hydrogen) atoms. The van der Waals surface area contributed by atoms with Crippen LogP contribution in [0, 0.1) is 29.4 Å². The number of carbonyl (C=O) groups is 1. The van der Waals surface area contributed by atoms with Gasteiger partial charge >= 0.3 is 5.97 Å². The van der Waals surface area contributed by atoms with Crippen LogP contribution in [0.5, 0.6) is 0 Å². The van der Waals surface area contributed by atoms with Gasteiger partial charge in [0, 0.05) is 22.9 Å². The maximum absolute atomic E-state index is 14.9. The normalized spacial score (nSPS) is 14.9. The van der Waals surface area contributed by atoms with E-state index in [0.717, 1.165) is 48.9 Å². The smallest absolute Gasteiger partial charge is 0.355 e. The van der Waals surface area contributed by atoms with Crippen LogP contribution in [0.1, 0.15) is 65.0 Å². The van der Waals surface area contributed by atoms with Gasteiger partial charge in [-0.25, -0.2) is 23.2 Å². The first kappa shape index (κ1) is 30.4. The highest BCUT2D eigenvalue weighted by atomic mass is 32.2. The van der Waals surface area contributed by atoms with Gasteiger partial charge in [-0.1, -0.05) is 28.2 Å². The Hall–Kier alpha value is -4.02. The molecule has 12 heteroatoms. The van der Waals surface area contributed by atoms with Gasteiger partial charge in [0.2, 0.25) is 10.0 Å². The van der Waals surface area contributed by atoms with Gasteiger partial charge in [-0.15, -0.1) is 16.5 Å². The third-order valence-electron chi connectivity index (χ3n) is 7.43. The minimum Gasteiger partial charge on any atom is -0.870 e. The lowest BCUT2D eigenvalue weighted by atomic mass is 9.96. The summed E-state index contributed by atoms with van der Waals surface area (Å²) in [5.41, 5.74) is 4.59. The maximum Gasteiger partial charge on any atom is 0.355 e. The van der Waals surface area contributed by atoms with Crippen molar-refractivity contribution in [3.05, 3.63) is 93.1 Å². The van der Waals surface area contributed by atoms with Crippen molar-refractivity contribution in [3.8, 4) is 28.2 Å². The molecule has 4 aromatic rings. The summed E-state index contributed by atoms with van der Waals surface area (Å²) >= 11 is 1.17. The number of allylic oxidation sites excluding steroid dienone is 2. The van der Waals surface area contributed by atoms with Crippen LogP contribution in [0.15, 0.2) is 58.3 Å². The summed E-state index contributed by atoms with van der Waals surface area (Å²) in [6.07, 6.45) is 8.02. The Bertz CT molecular complexity index is 1830. The highest BCUT2D eigenvalue weighted by molar-refractivity contribution is 7.82. The first-order valence-electron chi connectivity index (χ1n) is 13.6. The van der Waals surface area contributed by atoms with Gasteiger partial charge in [-0.2, -0.15) is 5.10 Å². The Morgan fingerprint density at radius 1 is 1.16 bits per heavy atom. The highest BCUT2D eigenvalue weighted by Crippen LogP contribution is 2.38. The lowest BCUT2D eigenvalue weighted by Crippen LogP contribution is -2.07. The van der Waals surface area contributed by atoms with Gasteiger partial charge < -0.3 is 10.6 Å². The molecule has 1 saturated carbocycles. The number of nitrogens with two attached hydrogens (primary N) is 1. The Morgan fingerprint density at radius 2 is 1.98 bits per heavy atom. The van der Waals surface area contributed by atoms with E-state index in [9.17, 15) is 22.9 Å². The Labute approximate surface area is 253 Å². The number of hydrogen-bond donors (Lipinski definition) is 2. The van der Waals surface area contributed by atoms with Crippen molar-refractivity contribution in [3.63, 3.8) is 0 Å². The summed E-state index contributed by atoms with van der Waals surface area (Å²) in [6.45, 7) is 0. The molecule has 1 fully saturated rings. The molecule has 0 spiro atoms. The topological polar surface area (TPSA) is 141 Å². The summed E-state index contributed by atoms with van der Waals surface area (Å²) in [4.78, 5) is 15.8. The Morgan fingerprint density at radius 3 is 2.63 bits per heavy atom. The molecular weight excluding hydrogens is 594 g/mol. The Balaban J connectivity index is 0.00000368. The molecule has 1 atom stereocenters. The van der Waals surface area contributed by atoms with Gasteiger partial charge in [0.05, 0.1) is 17.0 Å². The van der Waals surface area contributed by atoms with Crippen molar-refractivity contribution in [2.75, 3.05) is 0 Å². The monoisotopic (exact) mass is 622 g/mol. The molecule has 2 aliphatic rings. The van der Waals surface area contributed by atoms with Crippen molar-refractivity contribution >= 4 is 28.3 Å². The van der Waals surface area contributed by atoms with Crippen LogP contribution in [0.25, 0.3) is 16.4 Å². The van der Waals surface area contributed by atoms with Gasteiger partial charge in [-0.05, 0) is 85.9 Å². The largest absolute Gasteiger partial charge is 0.870 e. The van der Waals surface area contributed by atoms with Crippen molar-refractivity contribution in [2.24, 2.45) is 11.1 Å². The number of aromatic nitrogens is 3. The average molecular weight is 623 g/mol. The third kappa shape index (κ3) is 6.65. The molecule has 1 unspecified atom stereocenters. The minimum atomic E-state index is -2.33. The van der Waals surface area contributed by atoms with Gasteiger partial charge in [0.15, 0.2) is 22.5 Å². The van der Waals surface area contributed by atoms with E-state index in [0.29, 0.717) is 34.3 Å². The lowest BCUT2D eigenvalue weighted by molar-refractivity contribution is 0.0691. The first-order valence-corrected chi connectivity index (χ1v) is 15.8. The fraction of sp³-hybridized carbons (Fsp3) is 0.258. The maximum atomic E-state index is 14.9. The van der Waals surface area contributed by atoms with Crippen molar-refractivity contribution in [2.45, 2.75) is 49.8 Å². The van der Waals surface area contributed by atoms with E-state index in [4.69, 9.17) is 10.2 Å². The quantitative estimate of drug-likeness (QED) is 0.146. The molecule has 0 saturated heterocycles. The summed E-state index contributed by atoms with van der Waals surface area (Å²) in [6, 6.07) is 9.10. The van der Waals surface area contributed by atoms with Crippen molar-refractivity contribution in [1.29, 1.82) is 0 Å². The summed E-state index contributed by atoms with van der Waals surface area (Å²) in [5, 5.41) is 21.7. The van der Waals surface area contributed by atoms with E-state index in [1.165, 1.54) is 34.9 Å². The van der Waals surface area contributed by atoms with Gasteiger partial charge in [0.25, 0.3) is 0 Å². The van der Waals surface area contributed by atoms with E-state index < -0.39 is 28.6 Å². The van der Waals surface area contributed by atoms with Crippen LogP contribution in [0.4, 0.5) is 8.78 Å². The third-order valence-corrected chi connectivity index (χ3v) is 9.08. The minimum absolute atomic E-state index is 0. The number of benzene rings is 2. The number of thiol groups is 1. The van der Waals surface area contributed by atoms with E-state index in [1.54, 1.807) is 22.9 Å². The number of nitrogens with zero attached hydrogens (tertiary/aromatic N) is 3. The van der Waals surface area contributed by atoms with E-state index in [1.807, 2.05) is 0 Å². The van der Waals surface area contributed by atoms with E-state index in [2.05, 4.69) is 22.9 Å². The molecule has 0 bridgehead atoms. The lowest BCUT2D eigenvalue weighted by Gasteiger charge is -2.09. The molecule has 2 heterocycles. The number of rotatable bonds is 8. The second-order valence-electron chi connectivity index (χ2n) is 10.5. The van der Waals surface area contributed by atoms with Crippen molar-refractivity contribution in [1.82, 2.24) is 14.8 Å². The summed E-state index contributed by atoms with van der Waals surface area (Å²) < 4.78 is 43.1. The molecule has 4 N–H and O–H groups in total. The zero-order valence-electron chi connectivity index (χ0n) is 22.9. The van der Waals surface area contributed by atoms with Crippen LogP contribution < -0.4 is 5.14 Å². The SMILES string of the molecule is N[SH+](=O)c1ccc(Cc2c(-c3ccc(F)c(C#CC4=CCCC4)c3)nn(-c3nc(C(=O)O)cs3)c2CC2CC2)cc1F.[OH-]. The number of hydrogen-bond acceptors (Lipinski definition) is 6. The van der Waals surface area contributed by atoms with Crippen molar-refractivity contribution < 1.29 is 28.4 Å². The zero-order valence-corrected chi connectivity index (χ0v) is 24.6. The predicted molar refractivity (Wildman–Crippen MR) is 160 cm³/mol. The molecule has 2 aromatic heterocycles. The number of halogens is 2.